The molecule has 0 saturated carbocycles. The first-order valence-corrected chi connectivity index (χ1v) is 4.77. The van der Waals surface area contributed by atoms with E-state index in [0.717, 1.165) is 12.8 Å². The van der Waals surface area contributed by atoms with Crippen molar-refractivity contribution >= 4 is 6.09 Å². The van der Waals surface area contributed by atoms with E-state index in [0.29, 0.717) is 13.2 Å². The highest BCUT2D eigenvalue weighted by Crippen LogP contribution is 2.08. The van der Waals surface area contributed by atoms with E-state index in [1.54, 1.807) is 0 Å². The van der Waals surface area contributed by atoms with Crippen molar-refractivity contribution in [2.45, 2.75) is 38.8 Å². The SMILES string of the molecule is CCC(C)NC(=O)OC1CCOC1. The van der Waals surface area contributed by atoms with Gasteiger partial charge < -0.3 is 14.8 Å². The second-order valence-corrected chi connectivity index (χ2v) is 3.34. The van der Waals surface area contributed by atoms with Gasteiger partial charge in [-0.3, -0.25) is 0 Å². The summed E-state index contributed by atoms with van der Waals surface area (Å²) in [5.41, 5.74) is 0. The number of alkyl carbamates (subject to hydrolysis) is 1. The maximum atomic E-state index is 11.2. The minimum absolute atomic E-state index is 0.0518. The lowest BCUT2D eigenvalue weighted by molar-refractivity contribution is 0.0811. The van der Waals surface area contributed by atoms with Gasteiger partial charge in [0.2, 0.25) is 0 Å². The van der Waals surface area contributed by atoms with Crippen molar-refractivity contribution in [3.8, 4) is 0 Å². The van der Waals surface area contributed by atoms with E-state index < -0.39 is 0 Å². The molecule has 0 aromatic carbocycles. The molecule has 1 fully saturated rings. The lowest BCUT2D eigenvalue weighted by atomic mass is 10.3. The molecule has 1 aliphatic heterocycles. The summed E-state index contributed by atoms with van der Waals surface area (Å²) >= 11 is 0. The number of carbonyl (C=O) groups excluding carboxylic acids is 1. The molecule has 0 aromatic rings. The number of carbonyl (C=O) groups is 1. The van der Waals surface area contributed by atoms with Gasteiger partial charge in [0, 0.05) is 12.5 Å². The zero-order valence-electron chi connectivity index (χ0n) is 8.21. The molecule has 2 unspecified atom stereocenters. The summed E-state index contributed by atoms with van der Waals surface area (Å²) < 4.78 is 10.2. The van der Waals surface area contributed by atoms with E-state index in [-0.39, 0.29) is 18.2 Å². The minimum atomic E-state index is -0.329. The summed E-state index contributed by atoms with van der Waals surface area (Å²) in [6.45, 7) is 5.20. The normalized spacial score (nSPS) is 24.0. The van der Waals surface area contributed by atoms with Crippen LogP contribution in [0.3, 0.4) is 0 Å². The Kier molecular flexibility index (Phi) is 4.02. The number of hydrogen-bond acceptors (Lipinski definition) is 3. The smallest absolute Gasteiger partial charge is 0.407 e. The third-order valence-electron chi connectivity index (χ3n) is 2.14. The van der Waals surface area contributed by atoms with Crippen molar-refractivity contribution in [2.75, 3.05) is 13.2 Å². The molecule has 76 valence electrons. The van der Waals surface area contributed by atoms with E-state index in [1.165, 1.54) is 0 Å². The van der Waals surface area contributed by atoms with Gasteiger partial charge in [-0.2, -0.15) is 0 Å². The molecule has 0 spiro atoms. The van der Waals surface area contributed by atoms with Gasteiger partial charge in [0.1, 0.15) is 6.10 Å². The Labute approximate surface area is 78.6 Å². The third-order valence-corrected chi connectivity index (χ3v) is 2.14. The van der Waals surface area contributed by atoms with Crippen LogP contribution in [0, 0.1) is 0 Å². The Bertz CT molecular complexity index is 166. The number of nitrogens with one attached hydrogen (secondary N) is 1. The van der Waals surface area contributed by atoms with Crippen LogP contribution in [0.2, 0.25) is 0 Å². The van der Waals surface area contributed by atoms with E-state index in [1.807, 2.05) is 13.8 Å². The van der Waals surface area contributed by atoms with Crippen LogP contribution < -0.4 is 5.32 Å². The highest BCUT2D eigenvalue weighted by Gasteiger charge is 2.20. The summed E-state index contributed by atoms with van der Waals surface area (Å²) in [6.07, 6.45) is 1.35. The molecule has 0 bridgehead atoms. The van der Waals surface area contributed by atoms with E-state index in [2.05, 4.69) is 5.32 Å². The first-order valence-electron chi connectivity index (χ1n) is 4.77. The highest BCUT2D eigenvalue weighted by molar-refractivity contribution is 5.67. The Balaban J connectivity index is 2.16. The number of rotatable bonds is 3. The minimum Gasteiger partial charge on any atom is -0.444 e. The molecule has 0 radical (unpaired) electrons. The Hall–Kier alpha value is -0.770. The quantitative estimate of drug-likeness (QED) is 0.724. The first kappa shape index (κ1) is 10.3. The lowest BCUT2D eigenvalue weighted by Crippen LogP contribution is -2.35. The molecular formula is C9H17NO3. The van der Waals surface area contributed by atoms with Gasteiger partial charge in [0.05, 0.1) is 13.2 Å². The lowest BCUT2D eigenvalue weighted by Gasteiger charge is -2.14. The van der Waals surface area contributed by atoms with Gasteiger partial charge in [-0.25, -0.2) is 4.79 Å². The maximum Gasteiger partial charge on any atom is 0.407 e. The standard InChI is InChI=1S/C9H17NO3/c1-3-7(2)10-9(11)13-8-4-5-12-6-8/h7-8H,3-6H2,1-2H3,(H,10,11). The monoisotopic (exact) mass is 187 g/mol. The van der Waals surface area contributed by atoms with Crippen LogP contribution in [-0.2, 0) is 9.47 Å². The van der Waals surface area contributed by atoms with Crippen molar-refractivity contribution < 1.29 is 14.3 Å². The van der Waals surface area contributed by atoms with Crippen LogP contribution in [-0.4, -0.2) is 31.5 Å². The average molecular weight is 187 g/mol. The van der Waals surface area contributed by atoms with Crippen LogP contribution in [0.15, 0.2) is 0 Å². The van der Waals surface area contributed by atoms with Crippen molar-refractivity contribution in [3.05, 3.63) is 0 Å². The summed E-state index contributed by atoms with van der Waals surface area (Å²) in [7, 11) is 0. The van der Waals surface area contributed by atoms with E-state index in [4.69, 9.17) is 9.47 Å². The number of hydrogen-bond donors (Lipinski definition) is 1. The Morgan fingerprint density at radius 2 is 2.54 bits per heavy atom. The van der Waals surface area contributed by atoms with Gasteiger partial charge in [-0.15, -0.1) is 0 Å². The van der Waals surface area contributed by atoms with Gasteiger partial charge in [0.15, 0.2) is 0 Å². The second kappa shape index (κ2) is 5.07. The summed E-state index contributed by atoms with van der Waals surface area (Å²) in [5.74, 6) is 0. The summed E-state index contributed by atoms with van der Waals surface area (Å²) in [4.78, 5) is 11.2. The summed E-state index contributed by atoms with van der Waals surface area (Å²) in [6, 6.07) is 0.176. The van der Waals surface area contributed by atoms with Crippen LogP contribution in [0.5, 0.6) is 0 Å². The summed E-state index contributed by atoms with van der Waals surface area (Å²) in [5, 5.41) is 2.74. The molecule has 1 rings (SSSR count). The molecule has 1 heterocycles. The van der Waals surface area contributed by atoms with Gasteiger partial charge >= 0.3 is 6.09 Å². The van der Waals surface area contributed by atoms with Crippen molar-refractivity contribution in [3.63, 3.8) is 0 Å². The first-order chi connectivity index (χ1) is 6.22. The molecule has 4 heteroatoms. The molecular weight excluding hydrogens is 170 g/mol. The molecule has 0 aromatic heterocycles. The predicted octanol–water partition coefficient (Wildman–Crippen LogP) is 1.30. The fourth-order valence-corrected chi connectivity index (χ4v) is 1.09. The second-order valence-electron chi connectivity index (χ2n) is 3.34. The third kappa shape index (κ3) is 3.63. The van der Waals surface area contributed by atoms with E-state index >= 15 is 0 Å². The molecule has 1 N–H and O–H groups in total. The van der Waals surface area contributed by atoms with Gasteiger partial charge in [-0.05, 0) is 13.3 Å². The Morgan fingerprint density at radius 1 is 1.77 bits per heavy atom. The molecule has 1 aliphatic rings. The molecule has 0 aliphatic carbocycles. The van der Waals surface area contributed by atoms with Crippen LogP contribution in [0.1, 0.15) is 26.7 Å². The van der Waals surface area contributed by atoms with Crippen molar-refractivity contribution in [1.82, 2.24) is 5.32 Å². The van der Waals surface area contributed by atoms with Gasteiger partial charge in [-0.1, -0.05) is 6.92 Å². The zero-order chi connectivity index (χ0) is 9.68. The fraction of sp³-hybridized carbons (Fsp3) is 0.889. The molecule has 13 heavy (non-hydrogen) atoms. The Morgan fingerprint density at radius 3 is 3.08 bits per heavy atom. The average Bonchev–Trinajstić information content (AvgIpc) is 2.56. The van der Waals surface area contributed by atoms with Crippen LogP contribution in [0.4, 0.5) is 4.79 Å². The zero-order valence-corrected chi connectivity index (χ0v) is 8.21. The number of ether oxygens (including phenoxy) is 2. The molecule has 2 atom stereocenters. The van der Waals surface area contributed by atoms with Crippen molar-refractivity contribution in [2.24, 2.45) is 0 Å². The fourth-order valence-electron chi connectivity index (χ4n) is 1.09. The molecule has 4 nitrogen and oxygen atoms in total. The highest BCUT2D eigenvalue weighted by atomic mass is 16.6. The maximum absolute atomic E-state index is 11.2. The van der Waals surface area contributed by atoms with E-state index in [9.17, 15) is 4.79 Å². The largest absolute Gasteiger partial charge is 0.444 e. The number of amides is 1. The van der Waals surface area contributed by atoms with Crippen LogP contribution >= 0.6 is 0 Å². The molecule has 1 saturated heterocycles. The molecule has 1 amide bonds. The van der Waals surface area contributed by atoms with Gasteiger partial charge in [0.25, 0.3) is 0 Å². The van der Waals surface area contributed by atoms with Crippen LogP contribution in [0.25, 0.3) is 0 Å². The predicted molar refractivity (Wildman–Crippen MR) is 48.6 cm³/mol. The topological polar surface area (TPSA) is 47.6 Å². The van der Waals surface area contributed by atoms with Crippen molar-refractivity contribution in [1.29, 1.82) is 0 Å².